The maximum absolute atomic E-state index is 13.8. The monoisotopic (exact) mass is 378 g/mol. The van der Waals surface area contributed by atoms with Gasteiger partial charge in [0, 0.05) is 23.5 Å². The first kappa shape index (κ1) is 16.9. The van der Waals surface area contributed by atoms with Gasteiger partial charge in [0.05, 0.1) is 25.0 Å². The number of aromatic nitrogens is 6. The Morgan fingerprint density at radius 3 is 2.82 bits per heavy atom. The van der Waals surface area contributed by atoms with Gasteiger partial charge in [0.15, 0.2) is 0 Å². The van der Waals surface area contributed by atoms with E-state index in [1.807, 2.05) is 6.20 Å². The first-order valence-corrected chi connectivity index (χ1v) is 9.41. The molecule has 1 aliphatic rings. The van der Waals surface area contributed by atoms with E-state index in [9.17, 15) is 9.18 Å². The van der Waals surface area contributed by atoms with Gasteiger partial charge in [-0.15, -0.1) is 5.10 Å². The van der Waals surface area contributed by atoms with Crippen LogP contribution in [0.4, 0.5) is 4.39 Å². The summed E-state index contributed by atoms with van der Waals surface area (Å²) in [7, 11) is 0. The molecule has 0 unspecified atom stereocenters. The fraction of sp³-hybridized carbons (Fsp3) is 0.300. The second-order valence-electron chi connectivity index (χ2n) is 7.16. The van der Waals surface area contributed by atoms with Gasteiger partial charge in [0.25, 0.3) is 5.56 Å². The average Bonchev–Trinajstić information content (AvgIpc) is 3.30. The first-order valence-electron chi connectivity index (χ1n) is 9.41. The largest absolute Gasteiger partial charge is 0.306 e. The van der Waals surface area contributed by atoms with E-state index in [1.165, 1.54) is 6.07 Å². The van der Waals surface area contributed by atoms with Crippen molar-refractivity contribution in [2.75, 3.05) is 0 Å². The van der Waals surface area contributed by atoms with Gasteiger partial charge in [-0.25, -0.2) is 13.6 Å². The van der Waals surface area contributed by atoms with Gasteiger partial charge in [-0.05, 0) is 31.7 Å². The van der Waals surface area contributed by atoms with Crippen molar-refractivity contribution in [3.8, 4) is 0 Å². The highest BCUT2D eigenvalue weighted by Crippen LogP contribution is 2.22. The molecule has 4 aromatic rings. The minimum Gasteiger partial charge on any atom is -0.306 e. The van der Waals surface area contributed by atoms with E-state index in [1.54, 1.807) is 44.4 Å². The van der Waals surface area contributed by atoms with Crippen molar-refractivity contribution < 1.29 is 4.39 Å². The second kappa shape index (κ2) is 6.70. The molecule has 3 heterocycles. The van der Waals surface area contributed by atoms with E-state index < -0.39 is 0 Å². The first-order chi connectivity index (χ1) is 13.7. The van der Waals surface area contributed by atoms with Crippen LogP contribution in [0.3, 0.4) is 0 Å². The molecule has 0 N–H and O–H groups in total. The van der Waals surface area contributed by atoms with E-state index >= 15 is 0 Å². The number of hydrogen-bond acceptors (Lipinski definition) is 4. The third kappa shape index (κ3) is 2.90. The number of fused-ring (bicyclic) bond motifs is 3. The smallest absolute Gasteiger partial charge is 0.277 e. The summed E-state index contributed by atoms with van der Waals surface area (Å²) in [6, 6.07) is 6.59. The minimum atomic E-state index is -0.272. The third-order valence-electron chi connectivity index (χ3n) is 5.24. The molecule has 0 amide bonds. The highest BCUT2D eigenvalue weighted by molar-refractivity contribution is 5.55. The van der Waals surface area contributed by atoms with Gasteiger partial charge in [0.1, 0.15) is 17.0 Å². The molecule has 0 fully saturated rings. The molecule has 0 aliphatic heterocycles. The summed E-state index contributed by atoms with van der Waals surface area (Å²) in [5.74, 6) is -0.272. The van der Waals surface area contributed by atoms with Crippen molar-refractivity contribution in [3.63, 3.8) is 0 Å². The highest BCUT2D eigenvalue weighted by Gasteiger charge is 2.19. The zero-order chi connectivity index (χ0) is 19.1. The Bertz CT molecular complexity index is 1220. The van der Waals surface area contributed by atoms with E-state index in [4.69, 9.17) is 0 Å². The van der Waals surface area contributed by atoms with Gasteiger partial charge in [-0.2, -0.15) is 5.10 Å². The third-order valence-corrected chi connectivity index (χ3v) is 5.24. The lowest BCUT2D eigenvalue weighted by atomic mass is 9.97. The Labute approximate surface area is 160 Å². The zero-order valence-corrected chi connectivity index (χ0v) is 15.3. The molecule has 1 aromatic carbocycles. The van der Waals surface area contributed by atoms with Crippen molar-refractivity contribution in [2.45, 2.75) is 38.8 Å². The Balaban J connectivity index is 1.43. The van der Waals surface area contributed by atoms with Gasteiger partial charge >= 0.3 is 0 Å². The molecular weight excluding hydrogens is 359 g/mol. The van der Waals surface area contributed by atoms with E-state index in [-0.39, 0.29) is 11.4 Å². The molecule has 7 nitrogen and oxygen atoms in total. The molecule has 5 rings (SSSR count). The van der Waals surface area contributed by atoms with Gasteiger partial charge in [-0.3, -0.25) is 4.79 Å². The number of halogens is 1. The van der Waals surface area contributed by atoms with Crippen LogP contribution >= 0.6 is 0 Å². The van der Waals surface area contributed by atoms with Crippen molar-refractivity contribution in [1.29, 1.82) is 0 Å². The summed E-state index contributed by atoms with van der Waals surface area (Å²) in [5, 5.41) is 12.8. The van der Waals surface area contributed by atoms with E-state index in [0.29, 0.717) is 29.9 Å². The number of nitrogens with zero attached hydrogens (tertiary/aromatic N) is 6. The Hall–Kier alpha value is -3.29. The summed E-state index contributed by atoms with van der Waals surface area (Å²) >= 11 is 0. The lowest BCUT2D eigenvalue weighted by Gasteiger charge is -2.08. The maximum atomic E-state index is 13.8. The molecule has 0 saturated carbocycles. The predicted octanol–water partition coefficient (Wildman–Crippen LogP) is 2.20. The summed E-state index contributed by atoms with van der Waals surface area (Å²) < 4.78 is 18.7. The van der Waals surface area contributed by atoms with Crippen LogP contribution in [0.25, 0.3) is 5.52 Å². The van der Waals surface area contributed by atoms with E-state index in [2.05, 4.69) is 15.4 Å². The minimum absolute atomic E-state index is 0.0678. The van der Waals surface area contributed by atoms with Crippen LogP contribution in [0.5, 0.6) is 0 Å². The zero-order valence-electron chi connectivity index (χ0n) is 15.3. The van der Waals surface area contributed by atoms with Crippen molar-refractivity contribution in [1.82, 2.24) is 29.2 Å². The molecular formula is C20H19FN6O. The van der Waals surface area contributed by atoms with Crippen molar-refractivity contribution in [2.24, 2.45) is 0 Å². The average molecular weight is 378 g/mol. The molecule has 0 spiro atoms. The number of benzene rings is 1. The standard InChI is InChI=1S/C20H19FN6O/c21-17-7-3-1-5-14(17)11-26-13-15(22-24-26)12-25-9-10-27-19(20(25)28)16-6-2-4-8-18(16)23-27/h1,3,5,7,9-10,13H,2,4,6,8,11-12H2. The quantitative estimate of drug-likeness (QED) is 0.546. The fourth-order valence-corrected chi connectivity index (χ4v) is 3.84. The molecule has 0 atom stereocenters. The molecule has 0 radical (unpaired) electrons. The van der Waals surface area contributed by atoms with E-state index in [0.717, 1.165) is 36.9 Å². The Kier molecular flexibility index (Phi) is 4.03. The van der Waals surface area contributed by atoms with Crippen molar-refractivity contribution >= 4 is 5.52 Å². The Morgan fingerprint density at radius 1 is 1.07 bits per heavy atom. The number of hydrogen-bond donors (Lipinski definition) is 0. The van der Waals surface area contributed by atoms with Crippen molar-refractivity contribution in [3.05, 3.63) is 81.5 Å². The van der Waals surface area contributed by atoms with Crippen LogP contribution < -0.4 is 5.56 Å². The molecule has 142 valence electrons. The summed E-state index contributed by atoms with van der Waals surface area (Å²) in [6.07, 6.45) is 9.33. The van der Waals surface area contributed by atoms with Gasteiger partial charge in [-0.1, -0.05) is 23.4 Å². The van der Waals surface area contributed by atoms with Gasteiger partial charge < -0.3 is 4.57 Å². The van der Waals surface area contributed by atoms with Crippen LogP contribution in [-0.4, -0.2) is 29.2 Å². The summed E-state index contributed by atoms with van der Waals surface area (Å²) in [5.41, 5.74) is 3.91. The molecule has 1 aliphatic carbocycles. The molecule has 3 aromatic heterocycles. The van der Waals surface area contributed by atoms with Crippen LogP contribution in [-0.2, 0) is 25.9 Å². The Morgan fingerprint density at radius 2 is 1.93 bits per heavy atom. The second-order valence-corrected chi connectivity index (χ2v) is 7.16. The van der Waals surface area contributed by atoms with Crippen LogP contribution in [0.1, 0.15) is 35.4 Å². The van der Waals surface area contributed by atoms with Crippen LogP contribution in [0.2, 0.25) is 0 Å². The molecule has 0 bridgehead atoms. The molecule has 0 saturated heterocycles. The molecule has 8 heteroatoms. The number of aryl methyl sites for hydroxylation is 2. The predicted molar refractivity (Wildman–Crippen MR) is 101 cm³/mol. The van der Waals surface area contributed by atoms with Crippen LogP contribution in [0.15, 0.2) is 47.7 Å². The summed E-state index contributed by atoms with van der Waals surface area (Å²) in [6.45, 7) is 0.607. The maximum Gasteiger partial charge on any atom is 0.277 e. The highest BCUT2D eigenvalue weighted by atomic mass is 19.1. The topological polar surface area (TPSA) is 70.0 Å². The SMILES string of the molecule is O=c1c2c3c(nn2ccn1Cc1cn(Cc2ccccc2F)nn1)CCCC3. The van der Waals surface area contributed by atoms with Crippen LogP contribution in [0, 0.1) is 5.82 Å². The lowest BCUT2D eigenvalue weighted by Crippen LogP contribution is -2.23. The van der Waals surface area contributed by atoms with Gasteiger partial charge in [0.2, 0.25) is 0 Å². The normalized spacial score (nSPS) is 13.8. The number of rotatable bonds is 4. The summed E-state index contributed by atoms with van der Waals surface area (Å²) in [4.78, 5) is 13.0. The molecule has 28 heavy (non-hydrogen) atoms. The fourth-order valence-electron chi connectivity index (χ4n) is 3.84. The lowest BCUT2D eigenvalue weighted by molar-refractivity contribution is 0.577.